The van der Waals surface area contributed by atoms with E-state index >= 15 is 0 Å². The minimum atomic E-state index is -3.24. The molecule has 0 aliphatic rings. The number of hydrogen-bond donors (Lipinski definition) is 1. The van der Waals surface area contributed by atoms with Crippen molar-refractivity contribution < 1.29 is 50.7 Å². The summed E-state index contributed by atoms with van der Waals surface area (Å²) in [5.41, 5.74) is 0. The van der Waals surface area contributed by atoms with E-state index in [9.17, 15) is 18.9 Å². The van der Waals surface area contributed by atoms with Crippen LogP contribution in [0.3, 0.4) is 0 Å². The Morgan fingerprint density at radius 3 is 1.67 bits per heavy atom. The molecule has 9 heteroatoms. The Labute approximate surface area is 86.7 Å². The molecule has 2 unspecified atom stereocenters. The zero-order valence-electron chi connectivity index (χ0n) is 5.68. The Balaban J connectivity index is -0.000000142. The first-order valence-electron chi connectivity index (χ1n) is 2.23. The molecule has 0 aromatic rings. The van der Waals surface area contributed by atoms with Crippen molar-refractivity contribution in [3.8, 4) is 0 Å². The van der Waals surface area contributed by atoms with Gasteiger partial charge < -0.3 is 14.9 Å². The summed E-state index contributed by atoms with van der Waals surface area (Å²) in [5, 5.41) is 7.76. The van der Waals surface area contributed by atoms with E-state index in [2.05, 4.69) is 10.9 Å². The molecule has 0 aliphatic heterocycles. The first-order chi connectivity index (χ1) is 5.04. The van der Waals surface area contributed by atoms with Crippen molar-refractivity contribution in [2.24, 2.45) is 0 Å². The molecule has 0 amide bonds. The molecule has 0 saturated carbocycles. The maximum absolute atomic E-state index is 9.24. The summed E-state index contributed by atoms with van der Waals surface area (Å²) in [6.07, 6.45) is 1.43. The minimum absolute atomic E-state index is 0. The van der Waals surface area contributed by atoms with Gasteiger partial charge >= 0.3 is 16.5 Å². The SMILES string of the molecule is C=CCO.O=[P+]([O-])O[P+](=O)[O-].[Ag]. The quantitative estimate of drug-likeness (QED) is 0.415. The summed E-state index contributed by atoms with van der Waals surface area (Å²) in [6, 6.07) is 0. The monoisotopic (exact) mass is 307 g/mol. The molecule has 0 saturated heterocycles. The van der Waals surface area contributed by atoms with Crippen LogP contribution < -0.4 is 9.79 Å². The molecular formula is C3H6AgO6P2. The van der Waals surface area contributed by atoms with Gasteiger partial charge in [-0.1, -0.05) is 6.08 Å². The van der Waals surface area contributed by atoms with Gasteiger partial charge in [0.2, 0.25) is 0 Å². The Bertz CT molecular complexity index is 138. The van der Waals surface area contributed by atoms with Gasteiger partial charge in [-0.15, -0.1) is 6.58 Å². The number of hydrogen-bond acceptors (Lipinski definition) is 6. The van der Waals surface area contributed by atoms with Gasteiger partial charge in [0, 0.05) is 22.4 Å². The van der Waals surface area contributed by atoms with Crippen molar-refractivity contribution in [1.29, 1.82) is 0 Å². The third-order valence-corrected chi connectivity index (χ3v) is 1.33. The second kappa shape index (κ2) is 14.1. The molecule has 0 fully saturated rings. The summed E-state index contributed by atoms with van der Waals surface area (Å²) in [7, 11) is -6.47. The summed E-state index contributed by atoms with van der Waals surface area (Å²) < 4.78 is 21.6. The van der Waals surface area contributed by atoms with E-state index < -0.39 is 16.5 Å². The second-order valence-corrected chi connectivity index (χ2v) is 2.55. The van der Waals surface area contributed by atoms with Crippen LogP contribution in [-0.2, 0) is 35.8 Å². The van der Waals surface area contributed by atoms with Crippen LogP contribution in [0.2, 0.25) is 0 Å². The average molecular weight is 308 g/mol. The molecular weight excluding hydrogens is 302 g/mol. The molecule has 0 bridgehead atoms. The maximum atomic E-state index is 9.24. The molecule has 0 heterocycles. The van der Waals surface area contributed by atoms with E-state index in [1.54, 1.807) is 0 Å². The summed E-state index contributed by atoms with van der Waals surface area (Å²) in [6.45, 7) is 3.31. The van der Waals surface area contributed by atoms with E-state index in [1.807, 2.05) is 0 Å². The van der Waals surface area contributed by atoms with E-state index in [0.29, 0.717) is 0 Å². The Morgan fingerprint density at radius 1 is 1.42 bits per heavy atom. The summed E-state index contributed by atoms with van der Waals surface area (Å²) >= 11 is 0. The second-order valence-electron chi connectivity index (χ2n) is 1.00. The fourth-order valence-corrected chi connectivity index (χ4v) is 0.490. The van der Waals surface area contributed by atoms with Crippen LogP contribution in [0.4, 0.5) is 0 Å². The van der Waals surface area contributed by atoms with Crippen LogP contribution in [0.25, 0.3) is 0 Å². The molecule has 6 nitrogen and oxygen atoms in total. The van der Waals surface area contributed by atoms with Crippen molar-refractivity contribution in [2.45, 2.75) is 0 Å². The van der Waals surface area contributed by atoms with Crippen molar-refractivity contribution in [3.63, 3.8) is 0 Å². The summed E-state index contributed by atoms with van der Waals surface area (Å²) in [5.74, 6) is 0. The Morgan fingerprint density at radius 2 is 1.67 bits per heavy atom. The third kappa shape index (κ3) is 31.3. The van der Waals surface area contributed by atoms with Crippen molar-refractivity contribution in [3.05, 3.63) is 12.7 Å². The van der Waals surface area contributed by atoms with E-state index in [4.69, 9.17) is 5.11 Å². The average Bonchev–Trinajstić information content (AvgIpc) is 1.85. The standard InChI is InChI=1S/C3H6O.Ag.O5P2/c1-2-3-4;;1-6(2)5-7(3)4/h2,4H,1,3H2;;. The maximum Gasteiger partial charge on any atom is 0.543 e. The molecule has 0 spiro atoms. The van der Waals surface area contributed by atoms with Gasteiger partial charge in [0.05, 0.1) is 6.61 Å². The van der Waals surface area contributed by atoms with Crippen molar-refractivity contribution in [1.82, 2.24) is 0 Å². The molecule has 12 heavy (non-hydrogen) atoms. The first-order valence-corrected chi connectivity index (χ1v) is 4.42. The molecule has 0 aliphatic carbocycles. The van der Waals surface area contributed by atoms with Crippen LogP contribution in [0.1, 0.15) is 0 Å². The smallest absolute Gasteiger partial charge is 0.543 e. The summed E-state index contributed by atoms with van der Waals surface area (Å²) in [4.78, 5) is 18.5. The fourth-order valence-electron chi connectivity index (χ4n) is 0.0544. The number of aliphatic hydroxyl groups excluding tert-OH is 1. The minimum Gasteiger partial charge on any atom is -0.563 e. The fraction of sp³-hybridized carbons (Fsp3) is 0.333. The van der Waals surface area contributed by atoms with Crippen LogP contribution in [-0.4, -0.2) is 11.7 Å². The molecule has 0 aromatic carbocycles. The van der Waals surface area contributed by atoms with E-state index in [1.165, 1.54) is 6.08 Å². The van der Waals surface area contributed by atoms with E-state index in [-0.39, 0.29) is 29.0 Å². The van der Waals surface area contributed by atoms with Crippen LogP contribution >= 0.6 is 16.5 Å². The predicted octanol–water partition coefficient (Wildman–Crippen LogP) is -0.799. The van der Waals surface area contributed by atoms with Gasteiger partial charge in [0.15, 0.2) is 0 Å². The van der Waals surface area contributed by atoms with Gasteiger partial charge in [-0.2, -0.15) is 0 Å². The van der Waals surface area contributed by atoms with E-state index in [0.717, 1.165) is 0 Å². The van der Waals surface area contributed by atoms with Gasteiger partial charge in [-0.3, -0.25) is 0 Å². The largest absolute Gasteiger partial charge is 0.563 e. The Kier molecular flexibility index (Phi) is 21.5. The molecule has 0 rings (SSSR count). The molecule has 1 radical (unpaired) electrons. The molecule has 2 atom stereocenters. The molecule has 0 aromatic heterocycles. The third-order valence-electron chi connectivity index (χ3n) is 0.262. The molecule has 75 valence electrons. The van der Waals surface area contributed by atoms with Gasteiger partial charge in [-0.05, 0) is 9.13 Å². The van der Waals surface area contributed by atoms with Gasteiger partial charge in [0.25, 0.3) is 0 Å². The van der Waals surface area contributed by atoms with Gasteiger partial charge in [-0.25, -0.2) is 0 Å². The topological polar surface area (TPSA) is 110 Å². The zero-order chi connectivity index (χ0) is 9.28. The number of aliphatic hydroxyl groups is 1. The van der Waals surface area contributed by atoms with Crippen LogP contribution in [0.5, 0.6) is 0 Å². The Hall–Kier alpha value is 0.520. The predicted molar refractivity (Wildman–Crippen MR) is 33.6 cm³/mol. The first kappa shape index (κ1) is 18.3. The number of rotatable bonds is 3. The van der Waals surface area contributed by atoms with Crippen LogP contribution in [0.15, 0.2) is 12.7 Å². The van der Waals surface area contributed by atoms with Gasteiger partial charge in [0.1, 0.15) is 4.31 Å². The van der Waals surface area contributed by atoms with Crippen molar-refractivity contribution in [2.75, 3.05) is 6.61 Å². The van der Waals surface area contributed by atoms with Crippen molar-refractivity contribution >= 4 is 16.5 Å². The molecule has 1 N–H and O–H groups in total. The zero-order valence-corrected chi connectivity index (χ0v) is 8.95. The normalized spacial score (nSPS) is 9.92. The van der Waals surface area contributed by atoms with Crippen LogP contribution in [0, 0.1) is 0 Å².